The molecule has 0 amide bonds. The zero-order valence-electron chi connectivity index (χ0n) is 17.7. The van der Waals surface area contributed by atoms with Crippen molar-refractivity contribution in [2.24, 2.45) is 0 Å². The number of hydrogen-bond acceptors (Lipinski definition) is 2. The lowest BCUT2D eigenvalue weighted by molar-refractivity contribution is 0.250. The van der Waals surface area contributed by atoms with E-state index in [1.54, 1.807) is 0 Å². The van der Waals surface area contributed by atoms with Crippen LogP contribution in [0.15, 0.2) is 12.3 Å². The fourth-order valence-electron chi connectivity index (χ4n) is 3.68. The van der Waals surface area contributed by atoms with Gasteiger partial charge in [-0.25, -0.2) is 5.43 Å². The number of hydrogen-bond donors (Lipinski definition) is 1. The molecule has 2 nitrogen and oxygen atoms in total. The van der Waals surface area contributed by atoms with E-state index in [1.165, 1.54) is 103 Å². The van der Waals surface area contributed by atoms with Crippen LogP contribution in [0.3, 0.4) is 0 Å². The molecule has 26 heavy (non-hydrogen) atoms. The summed E-state index contributed by atoms with van der Waals surface area (Å²) in [6.45, 7) is 5.48. The maximum absolute atomic E-state index is 6.39. The van der Waals surface area contributed by atoms with Gasteiger partial charge in [-0.05, 0) is 18.9 Å². The second kappa shape index (κ2) is 15.8. The van der Waals surface area contributed by atoms with Crippen LogP contribution in [0.2, 0.25) is 0 Å². The van der Waals surface area contributed by atoms with Gasteiger partial charge in [0.2, 0.25) is 0 Å². The van der Waals surface area contributed by atoms with E-state index in [0.29, 0.717) is 0 Å². The molecule has 1 atom stereocenters. The molecule has 1 rings (SSSR count). The van der Waals surface area contributed by atoms with Gasteiger partial charge in [0.15, 0.2) is 0 Å². The van der Waals surface area contributed by atoms with Crippen molar-refractivity contribution in [1.82, 2.24) is 10.4 Å². The molecule has 0 saturated carbocycles. The van der Waals surface area contributed by atoms with Gasteiger partial charge in [0.25, 0.3) is 0 Å². The number of hydrazine groups is 1. The van der Waals surface area contributed by atoms with Crippen molar-refractivity contribution >= 4 is 11.6 Å². The van der Waals surface area contributed by atoms with Gasteiger partial charge in [0.05, 0.1) is 0 Å². The Morgan fingerprint density at radius 2 is 1.12 bits per heavy atom. The largest absolute Gasteiger partial charge is 0.314 e. The molecule has 154 valence electrons. The Labute approximate surface area is 169 Å². The summed E-state index contributed by atoms with van der Waals surface area (Å²) in [5.41, 5.74) is 3.36. The smallest absolute Gasteiger partial charge is 0.130 e. The van der Waals surface area contributed by atoms with Gasteiger partial charge in [-0.1, -0.05) is 122 Å². The molecule has 3 heteroatoms. The van der Waals surface area contributed by atoms with E-state index in [4.69, 9.17) is 11.6 Å². The molecule has 0 spiro atoms. The second-order valence-corrected chi connectivity index (χ2v) is 8.81. The lowest BCUT2D eigenvalue weighted by atomic mass is 10.0. The van der Waals surface area contributed by atoms with E-state index >= 15 is 0 Å². The summed E-state index contributed by atoms with van der Waals surface area (Å²) in [5, 5.41) is 2.15. The van der Waals surface area contributed by atoms with Gasteiger partial charge >= 0.3 is 0 Å². The van der Waals surface area contributed by atoms with Crippen LogP contribution < -0.4 is 5.43 Å². The van der Waals surface area contributed by atoms with E-state index in [1.807, 2.05) is 0 Å². The molecule has 1 aliphatic rings. The van der Waals surface area contributed by atoms with Crippen molar-refractivity contribution in [1.29, 1.82) is 0 Å². The molecule has 1 unspecified atom stereocenters. The lowest BCUT2D eigenvalue weighted by Crippen LogP contribution is -2.42. The first-order valence-corrected chi connectivity index (χ1v) is 12.0. The van der Waals surface area contributed by atoms with Crippen LogP contribution in [0.5, 0.6) is 0 Å². The fourth-order valence-corrected chi connectivity index (χ4v) is 3.84. The molecule has 1 N–H and O–H groups in total. The molecule has 0 fully saturated rings. The Bertz CT molecular complexity index is 345. The molecule has 1 heterocycles. The molecule has 0 aromatic carbocycles. The third-order valence-electron chi connectivity index (χ3n) is 5.62. The third-order valence-corrected chi connectivity index (χ3v) is 6.09. The molecular weight excluding hydrogens is 340 g/mol. The van der Waals surface area contributed by atoms with Crippen molar-refractivity contribution in [3.63, 3.8) is 0 Å². The Morgan fingerprint density at radius 3 is 1.50 bits per heavy atom. The maximum Gasteiger partial charge on any atom is 0.130 e. The number of halogens is 1. The zero-order chi connectivity index (χ0) is 18.9. The highest BCUT2D eigenvalue weighted by atomic mass is 35.5. The van der Waals surface area contributed by atoms with Crippen LogP contribution in [0.4, 0.5) is 0 Å². The highest BCUT2D eigenvalue weighted by Gasteiger charge is 2.27. The first-order chi connectivity index (χ1) is 12.7. The molecule has 0 saturated heterocycles. The van der Waals surface area contributed by atoms with Crippen LogP contribution in [-0.2, 0) is 0 Å². The first-order valence-electron chi connectivity index (χ1n) is 11.6. The summed E-state index contributed by atoms with van der Waals surface area (Å²) in [7, 11) is 0. The average Bonchev–Trinajstić information content (AvgIpc) is 3.03. The summed E-state index contributed by atoms with van der Waals surface area (Å²) >= 11 is 6.39. The topological polar surface area (TPSA) is 15.3 Å². The zero-order valence-corrected chi connectivity index (χ0v) is 18.5. The van der Waals surface area contributed by atoms with Crippen molar-refractivity contribution in [3.05, 3.63) is 12.3 Å². The molecule has 0 radical (unpaired) electrons. The molecule has 1 aliphatic heterocycles. The predicted octanol–water partition coefficient (Wildman–Crippen LogP) is 7.93. The van der Waals surface area contributed by atoms with Gasteiger partial charge in [0, 0.05) is 12.7 Å². The van der Waals surface area contributed by atoms with Crippen LogP contribution in [0.1, 0.15) is 123 Å². The summed E-state index contributed by atoms with van der Waals surface area (Å²) in [4.78, 5) is -0.338. The second-order valence-electron chi connectivity index (χ2n) is 8.14. The minimum Gasteiger partial charge on any atom is -0.314 e. The van der Waals surface area contributed by atoms with Gasteiger partial charge in [-0.2, -0.15) is 0 Å². The van der Waals surface area contributed by atoms with Gasteiger partial charge in [0.1, 0.15) is 5.00 Å². The third kappa shape index (κ3) is 12.2. The molecular formula is C23H45ClN2. The van der Waals surface area contributed by atoms with Crippen molar-refractivity contribution < 1.29 is 0 Å². The number of nitrogens with zero attached hydrogens (tertiary/aromatic N) is 1. The van der Waals surface area contributed by atoms with E-state index in [-0.39, 0.29) is 5.00 Å². The van der Waals surface area contributed by atoms with Crippen LogP contribution >= 0.6 is 11.6 Å². The SMILES string of the molecule is CCCCCCCCCCCCCCCCCCN1C=CC(Cl)(CC)N1. The molecule has 0 bridgehead atoms. The van der Waals surface area contributed by atoms with Crippen molar-refractivity contribution in [2.75, 3.05) is 6.54 Å². The van der Waals surface area contributed by atoms with Gasteiger partial charge in [-0.15, -0.1) is 0 Å². The standard InChI is InChI=1S/C23H45ClN2/c1-3-5-6-7-8-9-10-11-12-13-14-15-16-17-18-19-21-26-22-20-23(24,4-2)25-26/h20,22,25H,3-19,21H2,1-2H3. The quantitative estimate of drug-likeness (QED) is 0.146. The van der Waals surface area contributed by atoms with Crippen LogP contribution in [-0.4, -0.2) is 16.6 Å². The van der Waals surface area contributed by atoms with Crippen LogP contribution in [0, 0.1) is 0 Å². The Morgan fingerprint density at radius 1 is 0.692 bits per heavy atom. The lowest BCUT2D eigenvalue weighted by Gasteiger charge is -2.24. The maximum atomic E-state index is 6.39. The monoisotopic (exact) mass is 384 g/mol. The number of unbranched alkanes of at least 4 members (excludes halogenated alkanes) is 15. The van der Waals surface area contributed by atoms with Gasteiger partial charge < -0.3 is 5.01 Å². The Hall–Kier alpha value is -0.210. The average molecular weight is 385 g/mol. The van der Waals surface area contributed by atoms with E-state index in [0.717, 1.165) is 13.0 Å². The summed E-state index contributed by atoms with van der Waals surface area (Å²) in [6.07, 6.45) is 27.8. The molecule has 0 aromatic heterocycles. The molecule has 0 aliphatic carbocycles. The van der Waals surface area contributed by atoms with E-state index < -0.39 is 0 Å². The van der Waals surface area contributed by atoms with E-state index in [9.17, 15) is 0 Å². The Balaban J connectivity index is 1.73. The van der Waals surface area contributed by atoms with E-state index in [2.05, 4.69) is 36.6 Å². The van der Waals surface area contributed by atoms with Gasteiger partial charge in [-0.3, -0.25) is 0 Å². The van der Waals surface area contributed by atoms with Crippen molar-refractivity contribution in [3.8, 4) is 0 Å². The summed E-state index contributed by atoms with van der Waals surface area (Å²) in [6, 6.07) is 0. The van der Waals surface area contributed by atoms with Crippen molar-refractivity contribution in [2.45, 2.75) is 128 Å². The molecule has 0 aromatic rings. The number of alkyl halides is 1. The number of rotatable bonds is 18. The Kier molecular flexibility index (Phi) is 14.5. The minimum absolute atomic E-state index is 0.338. The summed E-state index contributed by atoms with van der Waals surface area (Å²) < 4.78 is 0. The first kappa shape index (κ1) is 23.8. The normalized spacial score (nSPS) is 19.6. The minimum atomic E-state index is -0.338. The highest BCUT2D eigenvalue weighted by Crippen LogP contribution is 2.23. The van der Waals surface area contributed by atoms with Crippen LogP contribution in [0.25, 0.3) is 0 Å². The fraction of sp³-hybridized carbons (Fsp3) is 0.913. The highest BCUT2D eigenvalue weighted by molar-refractivity contribution is 6.25. The predicted molar refractivity (Wildman–Crippen MR) is 117 cm³/mol. The summed E-state index contributed by atoms with van der Waals surface area (Å²) in [5.74, 6) is 0. The number of nitrogens with one attached hydrogen (secondary N) is 1.